The number of rotatable bonds is 5. The summed E-state index contributed by atoms with van der Waals surface area (Å²) in [5.41, 5.74) is 2.23. The van der Waals surface area contributed by atoms with Crippen molar-refractivity contribution in [1.82, 2.24) is 0 Å². The number of furan rings is 1. The molecule has 3 rings (SSSR count). The van der Waals surface area contributed by atoms with Crippen molar-refractivity contribution in [1.29, 1.82) is 0 Å². The standard InChI is InChI=1S/C16H17NO4S/c1-3-20-16(19)12-11(10-4-5-10)8-22-15(12)17-14(18)13-9(2)6-7-21-13/h6-8,10H,3-5H2,1-2H3,(H,17,18). The van der Waals surface area contributed by atoms with Crippen molar-refractivity contribution in [3.8, 4) is 0 Å². The first-order chi connectivity index (χ1) is 10.6. The first-order valence-corrected chi connectivity index (χ1v) is 8.13. The van der Waals surface area contributed by atoms with Crippen LogP contribution in [0.25, 0.3) is 0 Å². The van der Waals surface area contributed by atoms with Crippen molar-refractivity contribution in [3.05, 3.63) is 40.2 Å². The van der Waals surface area contributed by atoms with E-state index in [1.54, 1.807) is 19.9 Å². The SMILES string of the molecule is CCOC(=O)c1c(C2CC2)csc1NC(=O)c1occc1C. The summed E-state index contributed by atoms with van der Waals surface area (Å²) in [5.74, 6) is -0.0581. The Morgan fingerprint density at radius 1 is 1.45 bits per heavy atom. The van der Waals surface area contributed by atoms with E-state index in [-0.39, 0.29) is 17.6 Å². The molecule has 0 aliphatic heterocycles. The van der Waals surface area contributed by atoms with E-state index in [2.05, 4.69) is 5.32 Å². The number of esters is 1. The molecule has 0 aromatic carbocycles. The van der Waals surface area contributed by atoms with Crippen LogP contribution in [0.1, 0.15) is 57.7 Å². The third-order valence-electron chi connectivity index (χ3n) is 3.61. The molecule has 1 amide bonds. The van der Waals surface area contributed by atoms with Gasteiger partial charge in [-0.15, -0.1) is 11.3 Å². The Labute approximate surface area is 132 Å². The van der Waals surface area contributed by atoms with Crippen LogP contribution in [0.5, 0.6) is 0 Å². The lowest BCUT2D eigenvalue weighted by Gasteiger charge is -2.07. The molecule has 22 heavy (non-hydrogen) atoms. The van der Waals surface area contributed by atoms with Gasteiger partial charge in [0.15, 0.2) is 5.76 Å². The predicted octanol–water partition coefficient (Wildman–Crippen LogP) is 3.96. The third-order valence-corrected chi connectivity index (χ3v) is 4.53. The highest BCUT2D eigenvalue weighted by Crippen LogP contribution is 2.46. The average Bonchev–Trinajstić information content (AvgIpc) is 3.10. The lowest BCUT2D eigenvalue weighted by Crippen LogP contribution is -2.15. The largest absolute Gasteiger partial charge is 0.462 e. The number of amides is 1. The molecule has 0 atom stereocenters. The van der Waals surface area contributed by atoms with Crippen LogP contribution >= 0.6 is 11.3 Å². The fourth-order valence-electron chi connectivity index (χ4n) is 2.34. The van der Waals surface area contributed by atoms with Crippen LogP contribution in [-0.2, 0) is 4.74 Å². The van der Waals surface area contributed by atoms with Gasteiger partial charge in [0.25, 0.3) is 5.91 Å². The number of carbonyl (C=O) groups excluding carboxylic acids is 2. The van der Waals surface area contributed by atoms with E-state index in [9.17, 15) is 9.59 Å². The van der Waals surface area contributed by atoms with E-state index < -0.39 is 0 Å². The molecule has 1 aliphatic rings. The van der Waals surface area contributed by atoms with Crippen molar-refractivity contribution >= 4 is 28.2 Å². The molecular formula is C16H17NO4S. The number of hydrogen-bond acceptors (Lipinski definition) is 5. The molecule has 2 aromatic heterocycles. The molecule has 5 nitrogen and oxygen atoms in total. The Hall–Kier alpha value is -2.08. The van der Waals surface area contributed by atoms with Crippen LogP contribution in [0.15, 0.2) is 22.1 Å². The monoisotopic (exact) mass is 319 g/mol. The number of hydrogen-bond donors (Lipinski definition) is 1. The molecule has 0 unspecified atom stereocenters. The van der Waals surface area contributed by atoms with Crippen molar-refractivity contribution in [3.63, 3.8) is 0 Å². The summed E-state index contributed by atoms with van der Waals surface area (Å²) in [5, 5.41) is 5.25. The number of thiophene rings is 1. The minimum Gasteiger partial charge on any atom is -0.462 e. The van der Waals surface area contributed by atoms with Gasteiger partial charge in [-0.25, -0.2) is 4.79 Å². The Morgan fingerprint density at radius 3 is 2.82 bits per heavy atom. The highest BCUT2D eigenvalue weighted by atomic mass is 32.1. The van der Waals surface area contributed by atoms with Gasteiger partial charge in [0.05, 0.1) is 18.4 Å². The van der Waals surface area contributed by atoms with Crippen molar-refractivity contribution in [2.75, 3.05) is 11.9 Å². The summed E-state index contributed by atoms with van der Waals surface area (Å²) in [6.45, 7) is 3.88. The number of nitrogens with one attached hydrogen (secondary N) is 1. The van der Waals surface area contributed by atoms with Gasteiger partial charge in [0.1, 0.15) is 5.00 Å². The number of anilines is 1. The molecule has 1 N–H and O–H groups in total. The summed E-state index contributed by atoms with van der Waals surface area (Å²) in [7, 11) is 0. The number of carbonyl (C=O) groups is 2. The van der Waals surface area contributed by atoms with Crippen molar-refractivity contribution < 1.29 is 18.7 Å². The zero-order valence-corrected chi connectivity index (χ0v) is 13.3. The molecule has 116 valence electrons. The fraction of sp³-hybridized carbons (Fsp3) is 0.375. The summed E-state index contributed by atoms with van der Waals surface area (Å²) in [4.78, 5) is 24.5. The Kier molecular flexibility index (Phi) is 4.02. The first-order valence-electron chi connectivity index (χ1n) is 7.25. The summed E-state index contributed by atoms with van der Waals surface area (Å²) >= 11 is 1.36. The molecule has 2 aromatic rings. The molecule has 0 radical (unpaired) electrons. The van der Waals surface area contributed by atoms with Crippen LogP contribution in [0, 0.1) is 6.92 Å². The topological polar surface area (TPSA) is 68.5 Å². The van der Waals surface area contributed by atoms with Crippen molar-refractivity contribution in [2.45, 2.75) is 32.6 Å². The molecule has 1 aliphatic carbocycles. The van der Waals surface area contributed by atoms with E-state index >= 15 is 0 Å². The second kappa shape index (κ2) is 5.96. The normalized spacial score (nSPS) is 13.9. The Balaban J connectivity index is 1.88. The summed E-state index contributed by atoms with van der Waals surface area (Å²) < 4.78 is 10.3. The van der Waals surface area contributed by atoms with E-state index in [0.717, 1.165) is 24.0 Å². The van der Waals surface area contributed by atoms with Gasteiger partial charge < -0.3 is 14.5 Å². The van der Waals surface area contributed by atoms with E-state index in [4.69, 9.17) is 9.15 Å². The maximum absolute atomic E-state index is 12.3. The third kappa shape index (κ3) is 2.78. The molecule has 0 bridgehead atoms. The second-order valence-corrected chi connectivity index (χ2v) is 6.16. The summed E-state index contributed by atoms with van der Waals surface area (Å²) in [6.07, 6.45) is 3.63. The van der Waals surface area contributed by atoms with Crippen molar-refractivity contribution in [2.24, 2.45) is 0 Å². The van der Waals surface area contributed by atoms with Gasteiger partial charge in [0.2, 0.25) is 0 Å². The molecule has 0 saturated heterocycles. The molecule has 1 saturated carbocycles. The zero-order chi connectivity index (χ0) is 15.7. The lowest BCUT2D eigenvalue weighted by atomic mass is 10.1. The van der Waals surface area contributed by atoms with E-state index in [0.29, 0.717) is 23.1 Å². The second-order valence-electron chi connectivity index (χ2n) is 5.28. The van der Waals surface area contributed by atoms with Crippen LogP contribution in [0.2, 0.25) is 0 Å². The van der Waals surface area contributed by atoms with E-state index in [1.807, 2.05) is 5.38 Å². The van der Waals surface area contributed by atoms with Crippen LogP contribution < -0.4 is 5.32 Å². The lowest BCUT2D eigenvalue weighted by molar-refractivity contribution is 0.0527. The maximum Gasteiger partial charge on any atom is 0.341 e. The fourth-order valence-corrected chi connectivity index (χ4v) is 3.36. The molecular weight excluding hydrogens is 302 g/mol. The highest BCUT2D eigenvalue weighted by Gasteiger charge is 2.32. The quantitative estimate of drug-likeness (QED) is 0.847. The zero-order valence-electron chi connectivity index (χ0n) is 12.5. The van der Waals surface area contributed by atoms with Crippen LogP contribution in [0.4, 0.5) is 5.00 Å². The van der Waals surface area contributed by atoms with Gasteiger partial charge in [-0.05, 0) is 49.6 Å². The minimum absolute atomic E-state index is 0.260. The Bertz CT molecular complexity index is 712. The predicted molar refractivity (Wildman–Crippen MR) is 83.6 cm³/mol. The van der Waals surface area contributed by atoms with Gasteiger partial charge in [-0.3, -0.25) is 4.79 Å². The maximum atomic E-state index is 12.3. The molecule has 2 heterocycles. The minimum atomic E-state index is -0.378. The average molecular weight is 319 g/mol. The van der Waals surface area contributed by atoms with Gasteiger partial charge in [-0.2, -0.15) is 0 Å². The summed E-state index contributed by atoms with van der Waals surface area (Å²) in [6, 6.07) is 1.73. The highest BCUT2D eigenvalue weighted by molar-refractivity contribution is 7.15. The number of ether oxygens (including phenoxy) is 1. The van der Waals surface area contributed by atoms with Gasteiger partial charge in [0, 0.05) is 5.56 Å². The molecule has 6 heteroatoms. The Morgan fingerprint density at radius 2 is 2.23 bits per heavy atom. The van der Waals surface area contributed by atoms with Crippen LogP contribution in [-0.4, -0.2) is 18.5 Å². The van der Waals surface area contributed by atoms with Gasteiger partial charge >= 0.3 is 5.97 Å². The molecule has 1 fully saturated rings. The van der Waals surface area contributed by atoms with Crippen LogP contribution in [0.3, 0.4) is 0 Å². The first kappa shape index (κ1) is 14.8. The molecule has 0 spiro atoms. The number of aryl methyl sites for hydroxylation is 1. The smallest absolute Gasteiger partial charge is 0.341 e. The van der Waals surface area contributed by atoms with E-state index in [1.165, 1.54) is 17.6 Å². The van der Waals surface area contributed by atoms with Gasteiger partial charge in [-0.1, -0.05) is 0 Å².